The Labute approximate surface area is 142 Å². The number of hydrogen-bond acceptors (Lipinski definition) is 3. The Hall–Kier alpha value is -2.15. The minimum absolute atomic E-state index is 0.167. The molecule has 0 aliphatic heterocycles. The summed E-state index contributed by atoms with van der Waals surface area (Å²) < 4.78 is 2.47. The second kappa shape index (κ2) is 7.41. The van der Waals surface area contributed by atoms with Crippen LogP contribution in [-0.2, 0) is 4.79 Å². The molecule has 0 saturated heterocycles. The normalized spacial score (nSPS) is 12.2. The van der Waals surface area contributed by atoms with Gasteiger partial charge < -0.3 is 10.4 Å². The molecule has 2 aromatic rings. The molecule has 23 heavy (non-hydrogen) atoms. The Balaban J connectivity index is 2.13. The summed E-state index contributed by atoms with van der Waals surface area (Å²) in [6.07, 6.45) is 3.37. The van der Waals surface area contributed by atoms with Crippen molar-refractivity contribution in [3.8, 4) is 5.69 Å². The van der Waals surface area contributed by atoms with E-state index < -0.39 is 17.9 Å². The average Bonchev–Trinajstić information content (AvgIpc) is 2.95. The number of carboxylic acids is 1. The molecule has 0 saturated carbocycles. The summed E-state index contributed by atoms with van der Waals surface area (Å²) in [6.45, 7) is 3.82. The van der Waals surface area contributed by atoms with Crippen molar-refractivity contribution in [2.24, 2.45) is 5.92 Å². The lowest BCUT2D eigenvalue weighted by molar-refractivity contribution is -0.139. The number of nitrogens with zero attached hydrogens (tertiary/aromatic N) is 2. The van der Waals surface area contributed by atoms with Gasteiger partial charge in [-0.1, -0.05) is 35.8 Å². The molecule has 0 aliphatic rings. The Morgan fingerprint density at radius 3 is 2.74 bits per heavy atom. The van der Waals surface area contributed by atoms with Crippen LogP contribution in [0.1, 0.15) is 30.6 Å². The lowest BCUT2D eigenvalue weighted by Gasteiger charge is -2.15. The summed E-state index contributed by atoms with van der Waals surface area (Å²) in [4.78, 5) is 23.4. The van der Waals surface area contributed by atoms with Crippen LogP contribution in [0.3, 0.4) is 0 Å². The quantitative estimate of drug-likeness (QED) is 0.807. The first-order chi connectivity index (χ1) is 10.9. The topological polar surface area (TPSA) is 84.2 Å². The number of aromatic nitrogens is 2. The van der Waals surface area contributed by atoms with Crippen molar-refractivity contribution in [3.05, 3.63) is 46.7 Å². The van der Waals surface area contributed by atoms with E-state index in [1.807, 2.05) is 38.1 Å². The third-order valence-electron chi connectivity index (χ3n) is 3.23. The van der Waals surface area contributed by atoms with Gasteiger partial charge in [0, 0.05) is 10.7 Å². The van der Waals surface area contributed by atoms with E-state index in [0.717, 1.165) is 10.2 Å². The molecule has 0 unspecified atom stereocenters. The molecule has 1 aromatic heterocycles. The van der Waals surface area contributed by atoms with Crippen LogP contribution in [-0.4, -0.2) is 32.8 Å². The van der Waals surface area contributed by atoms with E-state index in [0.29, 0.717) is 12.0 Å². The van der Waals surface area contributed by atoms with E-state index in [2.05, 4.69) is 26.3 Å². The molecule has 1 amide bonds. The van der Waals surface area contributed by atoms with Gasteiger partial charge in [0.1, 0.15) is 6.04 Å². The molecule has 0 bridgehead atoms. The number of carbonyl (C=O) groups excluding carboxylic acids is 1. The molecule has 1 atom stereocenters. The van der Waals surface area contributed by atoms with Gasteiger partial charge >= 0.3 is 5.97 Å². The molecular formula is C16H18BrN3O3. The zero-order valence-corrected chi connectivity index (χ0v) is 14.4. The Bertz CT molecular complexity index is 712. The number of benzene rings is 1. The highest BCUT2D eigenvalue weighted by Gasteiger charge is 2.22. The predicted molar refractivity (Wildman–Crippen MR) is 89.6 cm³/mol. The largest absolute Gasteiger partial charge is 0.480 e. The number of carboxylic acid groups (broad SMARTS) is 1. The Morgan fingerprint density at radius 1 is 1.39 bits per heavy atom. The van der Waals surface area contributed by atoms with Crippen molar-refractivity contribution in [1.29, 1.82) is 0 Å². The van der Waals surface area contributed by atoms with Crippen molar-refractivity contribution in [1.82, 2.24) is 15.1 Å². The number of amides is 1. The molecule has 6 nitrogen and oxygen atoms in total. The number of hydrogen-bond donors (Lipinski definition) is 2. The lowest BCUT2D eigenvalue weighted by Crippen LogP contribution is -2.41. The minimum atomic E-state index is -1.04. The van der Waals surface area contributed by atoms with Crippen LogP contribution in [0.25, 0.3) is 5.69 Å². The first kappa shape index (κ1) is 17.2. The van der Waals surface area contributed by atoms with Gasteiger partial charge in [0.2, 0.25) is 0 Å². The minimum Gasteiger partial charge on any atom is -0.480 e. The van der Waals surface area contributed by atoms with Crippen molar-refractivity contribution >= 4 is 27.8 Å². The van der Waals surface area contributed by atoms with E-state index in [-0.39, 0.29) is 5.92 Å². The number of nitrogens with one attached hydrogen (secondary N) is 1. The predicted octanol–water partition coefficient (Wildman–Crippen LogP) is 2.86. The van der Waals surface area contributed by atoms with Crippen LogP contribution < -0.4 is 5.32 Å². The summed E-state index contributed by atoms with van der Waals surface area (Å²) in [7, 11) is 0. The van der Waals surface area contributed by atoms with Crippen LogP contribution in [0, 0.1) is 5.92 Å². The maximum atomic E-state index is 12.2. The summed E-state index contributed by atoms with van der Waals surface area (Å²) in [5.74, 6) is -1.31. The first-order valence-corrected chi connectivity index (χ1v) is 8.00. The van der Waals surface area contributed by atoms with E-state index in [1.54, 1.807) is 10.9 Å². The molecule has 0 radical (unpaired) electrons. The number of carbonyl (C=O) groups is 2. The van der Waals surface area contributed by atoms with Crippen LogP contribution in [0.15, 0.2) is 41.1 Å². The van der Waals surface area contributed by atoms with Crippen LogP contribution >= 0.6 is 15.9 Å². The maximum absolute atomic E-state index is 12.2. The fraction of sp³-hybridized carbons (Fsp3) is 0.312. The third kappa shape index (κ3) is 4.66. The lowest BCUT2D eigenvalue weighted by atomic mass is 10.0. The zero-order chi connectivity index (χ0) is 17.0. The Kier molecular flexibility index (Phi) is 5.54. The summed E-state index contributed by atoms with van der Waals surface area (Å²) in [6, 6.07) is 6.58. The molecule has 0 aliphatic carbocycles. The molecule has 1 aromatic carbocycles. The van der Waals surface area contributed by atoms with Gasteiger partial charge in [-0.15, -0.1) is 0 Å². The highest BCUT2D eigenvalue weighted by atomic mass is 79.9. The fourth-order valence-electron chi connectivity index (χ4n) is 2.13. The average molecular weight is 380 g/mol. The standard InChI is InChI=1S/C16H18BrN3O3/c1-10(2)6-14(16(22)23)19-15(21)11-8-18-20(9-11)13-5-3-4-12(17)7-13/h3-5,7-10,14H,6H2,1-2H3,(H,19,21)(H,22,23)/t14-/m1/s1. The third-order valence-corrected chi connectivity index (χ3v) is 3.72. The number of halogens is 1. The molecule has 0 spiro atoms. The van der Waals surface area contributed by atoms with Crippen LogP contribution in [0.2, 0.25) is 0 Å². The monoisotopic (exact) mass is 379 g/mol. The van der Waals surface area contributed by atoms with Gasteiger partial charge in [0.05, 0.1) is 17.4 Å². The van der Waals surface area contributed by atoms with Crippen molar-refractivity contribution < 1.29 is 14.7 Å². The van der Waals surface area contributed by atoms with Crippen molar-refractivity contribution in [3.63, 3.8) is 0 Å². The van der Waals surface area contributed by atoms with Gasteiger partial charge in [0.15, 0.2) is 0 Å². The molecule has 2 N–H and O–H groups in total. The van der Waals surface area contributed by atoms with E-state index in [4.69, 9.17) is 0 Å². The van der Waals surface area contributed by atoms with Gasteiger partial charge in [-0.2, -0.15) is 5.10 Å². The second-order valence-electron chi connectivity index (χ2n) is 5.65. The molecule has 122 valence electrons. The van der Waals surface area contributed by atoms with Gasteiger partial charge in [-0.25, -0.2) is 9.48 Å². The molecule has 0 fully saturated rings. The first-order valence-electron chi connectivity index (χ1n) is 7.21. The van der Waals surface area contributed by atoms with Crippen molar-refractivity contribution in [2.75, 3.05) is 0 Å². The van der Waals surface area contributed by atoms with E-state index >= 15 is 0 Å². The van der Waals surface area contributed by atoms with Gasteiger partial charge in [0.25, 0.3) is 5.91 Å². The summed E-state index contributed by atoms with van der Waals surface area (Å²) >= 11 is 3.38. The molecular weight excluding hydrogens is 362 g/mol. The highest BCUT2D eigenvalue weighted by molar-refractivity contribution is 9.10. The summed E-state index contributed by atoms with van der Waals surface area (Å²) in [5, 5.41) is 15.9. The highest BCUT2D eigenvalue weighted by Crippen LogP contribution is 2.15. The fourth-order valence-corrected chi connectivity index (χ4v) is 2.52. The second-order valence-corrected chi connectivity index (χ2v) is 6.56. The van der Waals surface area contributed by atoms with E-state index in [9.17, 15) is 14.7 Å². The SMILES string of the molecule is CC(C)C[C@@H](NC(=O)c1cnn(-c2cccc(Br)c2)c1)C(=O)O. The Morgan fingerprint density at radius 2 is 2.13 bits per heavy atom. The molecule has 2 rings (SSSR count). The number of rotatable bonds is 6. The smallest absolute Gasteiger partial charge is 0.326 e. The van der Waals surface area contributed by atoms with E-state index in [1.165, 1.54) is 6.20 Å². The van der Waals surface area contributed by atoms with Crippen LogP contribution in [0.5, 0.6) is 0 Å². The summed E-state index contributed by atoms with van der Waals surface area (Å²) in [5.41, 5.74) is 1.12. The zero-order valence-electron chi connectivity index (χ0n) is 12.9. The van der Waals surface area contributed by atoms with Gasteiger partial charge in [-0.05, 0) is 30.5 Å². The maximum Gasteiger partial charge on any atom is 0.326 e. The van der Waals surface area contributed by atoms with Crippen LogP contribution in [0.4, 0.5) is 0 Å². The molecule has 7 heteroatoms. The number of aliphatic carboxylic acids is 1. The molecule has 1 heterocycles. The van der Waals surface area contributed by atoms with Crippen molar-refractivity contribution in [2.45, 2.75) is 26.3 Å². The van der Waals surface area contributed by atoms with Gasteiger partial charge in [-0.3, -0.25) is 4.79 Å².